The molecule has 2 unspecified atom stereocenters. The third-order valence-electron chi connectivity index (χ3n) is 2.88. The molecule has 0 spiro atoms. The molecule has 0 radical (unpaired) electrons. The first-order valence-electron chi connectivity index (χ1n) is 5.62. The van der Waals surface area contributed by atoms with Gasteiger partial charge in [0.05, 0.1) is 17.9 Å². The van der Waals surface area contributed by atoms with Gasteiger partial charge in [0.2, 0.25) is 0 Å². The number of hydrogen-bond acceptors (Lipinski definition) is 4. The second-order valence-electron chi connectivity index (χ2n) is 4.44. The van der Waals surface area contributed by atoms with Gasteiger partial charge >= 0.3 is 0 Å². The first-order chi connectivity index (χ1) is 8.04. The third kappa shape index (κ3) is 3.08. The maximum atomic E-state index is 13.0. The summed E-state index contributed by atoms with van der Waals surface area (Å²) in [5.74, 6) is -0.164. The van der Waals surface area contributed by atoms with Crippen molar-refractivity contribution in [2.45, 2.75) is 37.6 Å². The molecule has 0 amide bonds. The SMILES string of the molecule is Nc1ccc(F)cc1OC1CC(O)CC(O)C1. The van der Waals surface area contributed by atoms with E-state index in [2.05, 4.69) is 0 Å². The quantitative estimate of drug-likeness (QED) is 0.677. The van der Waals surface area contributed by atoms with Crippen molar-refractivity contribution < 1.29 is 19.3 Å². The molecule has 94 valence electrons. The first kappa shape index (κ1) is 12.1. The first-order valence-corrected chi connectivity index (χ1v) is 5.62. The fourth-order valence-electron chi connectivity index (χ4n) is 2.10. The molecule has 5 heteroatoms. The summed E-state index contributed by atoms with van der Waals surface area (Å²) in [5, 5.41) is 19.0. The molecule has 1 aromatic carbocycles. The average molecular weight is 241 g/mol. The van der Waals surface area contributed by atoms with E-state index in [9.17, 15) is 14.6 Å². The van der Waals surface area contributed by atoms with Crippen LogP contribution in [0.3, 0.4) is 0 Å². The molecule has 0 bridgehead atoms. The van der Waals surface area contributed by atoms with Crippen LogP contribution in [0.1, 0.15) is 19.3 Å². The molecule has 1 aromatic rings. The molecule has 1 fully saturated rings. The van der Waals surface area contributed by atoms with Gasteiger partial charge in [0.1, 0.15) is 17.7 Å². The van der Waals surface area contributed by atoms with Crippen LogP contribution < -0.4 is 10.5 Å². The zero-order valence-electron chi connectivity index (χ0n) is 9.34. The number of halogens is 1. The fraction of sp³-hybridized carbons (Fsp3) is 0.500. The van der Waals surface area contributed by atoms with Crippen LogP contribution in [0.4, 0.5) is 10.1 Å². The minimum atomic E-state index is -0.585. The zero-order chi connectivity index (χ0) is 12.4. The van der Waals surface area contributed by atoms with Crippen molar-refractivity contribution in [3.8, 4) is 5.75 Å². The lowest BCUT2D eigenvalue weighted by molar-refractivity contribution is -0.0153. The molecule has 0 aliphatic heterocycles. The van der Waals surface area contributed by atoms with Crippen molar-refractivity contribution in [3.05, 3.63) is 24.0 Å². The Morgan fingerprint density at radius 1 is 1.18 bits per heavy atom. The molecule has 1 aliphatic carbocycles. The molecule has 17 heavy (non-hydrogen) atoms. The number of rotatable bonds is 2. The fourth-order valence-corrected chi connectivity index (χ4v) is 2.10. The summed E-state index contributed by atoms with van der Waals surface area (Å²) in [7, 11) is 0. The van der Waals surface area contributed by atoms with Crippen LogP contribution in [0.15, 0.2) is 18.2 Å². The highest BCUT2D eigenvalue weighted by Crippen LogP contribution is 2.28. The number of ether oxygens (including phenoxy) is 1. The Morgan fingerprint density at radius 2 is 1.82 bits per heavy atom. The number of benzene rings is 1. The molecule has 4 nitrogen and oxygen atoms in total. The Bertz CT molecular complexity index is 389. The van der Waals surface area contributed by atoms with Crippen molar-refractivity contribution in [2.24, 2.45) is 0 Å². The predicted molar refractivity (Wildman–Crippen MR) is 61.1 cm³/mol. The van der Waals surface area contributed by atoms with E-state index in [1.54, 1.807) is 0 Å². The number of hydrogen-bond donors (Lipinski definition) is 3. The van der Waals surface area contributed by atoms with E-state index in [1.807, 2.05) is 0 Å². The lowest BCUT2D eigenvalue weighted by Crippen LogP contribution is -2.36. The molecule has 2 rings (SSSR count). The molecule has 1 saturated carbocycles. The van der Waals surface area contributed by atoms with Gasteiger partial charge < -0.3 is 20.7 Å². The molecule has 2 atom stereocenters. The number of aliphatic hydroxyl groups is 2. The molecule has 0 heterocycles. The van der Waals surface area contributed by atoms with E-state index in [1.165, 1.54) is 18.2 Å². The minimum Gasteiger partial charge on any atom is -0.488 e. The van der Waals surface area contributed by atoms with E-state index in [0.29, 0.717) is 24.9 Å². The van der Waals surface area contributed by atoms with E-state index >= 15 is 0 Å². The Labute approximate surface area is 98.8 Å². The summed E-state index contributed by atoms with van der Waals surface area (Å²) in [6.07, 6.45) is -0.298. The largest absolute Gasteiger partial charge is 0.488 e. The van der Waals surface area contributed by atoms with E-state index in [4.69, 9.17) is 10.5 Å². The van der Waals surface area contributed by atoms with Gasteiger partial charge in [-0.3, -0.25) is 0 Å². The monoisotopic (exact) mass is 241 g/mol. The molecular formula is C12H16FNO3. The maximum absolute atomic E-state index is 13.0. The van der Waals surface area contributed by atoms with Gasteiger partial charge in [-0.25, -0.2) is 4.39 Å². The number of nitrogen functional groups attached to an aromatic ring is 1. The topological polar surface area (TPSA) is 75.7 Å². The number of anilines is 1. The van der Waals surface area contributed by atoms with Gasteiger partial charge in [-0.2, -0.15) is 0 Å². The lowest BCUT2D eigenvalue weighted by atomic mass is 9.92. The lowest BCUT2D eigenvalue weighted by Gasteiger charge is -2.30. The number of aliphatic hydroxyl groups excluding tert-OH is 2. The highest BCUT2D eigenvalue weighted by molar-refractivity contribution is 5.52. The van der Waals surface area contributed by atoms with E-state index in [0.717, 1.165) is 0 Å². The average Bonchev–Trinajstić information content (AvgIpc) is 2.22. The predicted octanol–water partition coefficient (Wildman–Crippen LogP) is 1.06. The highest BCUT2D eigenvalue weighted by Gasteiger charge is 2.28. The molecule has 4 N–H and O–H groups in total. The van der Waals surface area contributed by atoms with Gasteiger partial charge in [-0.15, -0.1) is 0 Å². The summed E-state index contributed by atoms with van der Waals surface area (Å²) in [4.78, 5) is 0. The van der Waals surface area contributed by atoms with Crippen LogP contribution in [0.25, 0.3) is 0 Å². The highest BCUT2D eigenvalue weighted by atomic mass is 19.1. The smallest absolute Gasteiger partial charge is 0.145 e. The Morgan fingerprint density at radius 3 is 2.47 bits per heavy atom. The second-order valence-corrected chi connectivity index (χ2v) is 4.44. The van der Waals surface area contributed by atoms with Crippen LogP contribution >= 0.6 is 0 Å². The Balaban J connectivity index is 2.07. The van der Waals surface area contributed by atoms with Crippen LogP contribution in [0.5, 0.6) is 5.75 Å². The van der Waals surface area contributed by atoms with Gasteiger partial charge in [-0.05, 0) is 18.6 Å². The molecule has 0 aromatic heterocycles. The van der Waals surface area contributed by atoms with Crippen LogP contribution in [0.2, 0.25) is 0 Å². The van der Waals surface area contributed by atoms with E-state index in [-0.39, 0.29) is 11.9 Å². The summed E-state index contributed by atoms with van der Waals surface area (Å²) in [5.41, 5.74) is 6.01. The standard InChI is InChI=1S/C12H16FNO3/c13-7-1-2-11(14)12(3-7)17-10-5-8(15)4-9(16)6-10/h1-3,8-10,15-16H,4-6,14H2. The normalized spacial score (nSPS) is 29.0. The maximum Gasteiger partial charge on any atom is 0.145 e. The van der Waals surface area contributed by atoms with Crippen LogP contribution in [-0.4, -0.2) is 28.5 Å². The molecule has 0 saturated heterocycles. The summed E-state index contributed by atoms with van der Waals surface area (Å²) in [6.45, 7) is 0. The van der Waals surface area contributed by atoms with Gasteiger partial charge in [0.15, 0.2) is 0 Å². The van der Waals surface area contributed by atoms with Gasteiger partial charge in [-0.1, -0.05) is 0 Å². The summed E-state index contributed by atoms with van der Waals surface area (Å²) in [6, 6.07) is 3.90. The second kappa shape index (κ2) is 4.89. The minimum absolute atomic E-state index is 0.260. The van der Waals surface area contributed by atoms with Gasteiger partial charge in [0.25, 0.3) is 0 Å². The summed E-state index contributed by atoms with van der Waals surface area (Å²) >= 11 is 0. The Kier molecular flexibility index (Phi) is 3.49. The third-order valence-corrected chi connectivity index (χ3v) is 2.88. The van der Waals surface area contributed by atoms with Crippen LogP contribution in [-0.2, 0) is 0 Å². The zero-order valence-corrected chi connectivity index (χ0v) is 9.34. The molecular weight excluding hydrogens is 225 g/mol. The van der Waals surface area contributed by atoms with Gasteiger partial charge in [0, 0.05) is 18.9 Å². The molecule has 1 aliphatic rings. The van der Waals surface area contributed by atoms with Crippen molar-refractivity contribution in [1.82, 2.24) is 0 Å². The van der Waals surface area contributed by atoms with Crippen molar-refractivity contribution in [2.75, 3.05) is 5.73 Å². The van der Waals surface area contributed by atoms with Crippen molar-refractivity contribution >= 4 is 5.69 Å². The number of nitrogens with two attached hydrogens (primary N) is 1. The van der Waals surface area contributed by atoms with Crippen molar-refractivity contribution in [3.63, 3.8) is 0 Å². The van der Waals surface area contributed by atoms with Crippen LogP contribution in [0, 0.1) is 5.82 Å². The van der Waals surface area contributed by atoms with E-state index < -0.39 is 18.0 Å². The Hall–Kier alpha value is -1.33. The van der Waals surface area contributed by atoms with Crippen molar-refractivity contribution in [1.29, 1.82) is 0 Å². The summed E-state index contributed by atoms with van der Waals surface area (Å²) < 4.78 is 18.5.